The lowest BCUT2D eigenvalue weighted by Crippen LogP contribution is -2.07. The molecule has 1 aromatic carbocycles. The van der Waals surface area contributed by atoms with Crippen LogP contribution in [0.4, 0.5) is 4.39 Å². The molecule has 5 nitrogen and oxygen atoms in total. The second kappa shape index (κ2) is 5.81. The van der Waals surface area contributed by atoms with Gasteiger partial charge in [-0.3, -0.25) is 4.79 Å². The van der Waals surface area contributed by atoms with Crippen molar-refractivity contribution in [3.8, 4) is 11.4 Å². The number of carbonyl (C=O) groups is 1. The molecule has 0 aliphatic rings. The summed E-state index contributed by atoms with van der Waals surface area (Å²) < 4.78 is 18.5. The summed E-state index contributed by atoms with van der Waals surface area (Å²) >= 11 is 0. The van der Waals surface area contributed by atoms with Gasteiger partial charge in [0.1, 0.15) is 5.82 Å². The predicted octanol–water partition coefficient (Wildman–Crippen LogP) is 2.84. The van der Waals surface area contributed by atoms with Crippen molar-refractivity contribution in [3.05, 3.63) is 35.5 Å². The minimum Gasteiger partial charge on any atom is -0.481 e. The summed E-state index contributed by atoms with van der Waals surface area (Å²) in [6, 6.07) is 4.71. The van der Waals surface area contributed by atoms with Crippen molar-refractivity contribution in [2.24, 2.45) is 5.92 Å². The van der Waals surface area contributed by atoms with E-state index in [9.17, 15) is 9.18 Å². The maximum Gasteiger partial charge on any atom is 0.303 e. The SMILES string of the molecule is Cc1ccc(-c2noc(CC(C)CC(=O)O)n2)cc1F. The molecule has 2 rings (SSSR count). The monoisotopic (exact) mass is 278 g/mol. The summed E-state index contributed by atoms with van der Waals surface area (Å²) in [5.41, 5.74) is 1.08. The molecule has 0 amide bonds. The molecule has 1 heterocycles. The standard InChI is InChI=1S/C14H15FN2O3/c1-8(6-13(18)19)5-12-16-14(17-20-12)10-4-3-9(2)11(15)7-10/h3-4,7-8H,5-6H2,1-2H3,(H,18,19). The number of carboxylic acid groups (broad SMARTS) is 1. The van der Waals surface area contributed by atoms with Crippen molar-refractivity contribution in [1.82, 2.24) is 10.1 Å². The van der Waals surface area contributed by atoms with E-state index < -0.39 is 5.97 Å². The van der Waals surface area contributed by atoms with Crippen LogP contribution in [0.2, 0.25) is 0 Å². The highest BCUT2D eigenvalue weighted by Gasteiger charge is 2.15. The molecule has 0 saturated heterocycles. The second-order valence-corrected chi connectivity index (χ2v) is 4.88. The Hall–Kier alpha value is -2.24. The Labute approximate surface area is 115 Å². The number of halogens is 1. The largest absolute Gasteiger partial charge is 0.481 e. The van der Waals surface area contributed by atoms with E-state index in [0.717, 1.165) is 0 Å². The Balaban J connectivity index is 2.12. The van der Waals surface area contributed by atoms with Crippen LogP contribution < -0.4 is 0 Å². The molecule has 0 aliphatic heterocycles. The minimum atomic E-state index is -0.863. The third-order valence-electron chi connectivity index (χ3n) is 2.94. The summed E-state index contributed by atoms with van der Waals surface area (Å²) in [6.45, 7) is 3.47. The average molecular weight is 278 g/mol. The first-order valence-corrected chi connectivity index (χ1v) is 6.26. The van der Waals surface area contributed by atoms with Crippen LogP contribution >= 0.6 is 0 Å². The zero-order valence-electron chi connectivity index (χ0n) is 11.3. The van der Waals surface area contributed by atoms with Gasteiger partial charge in [-0.1, -0.05) is 24.2 Å². The number of hydrogen-bond acceptors (Lipinski definition) is 4. The molecule has 0 aliphatic carbocycles. The molecule has 0 spiro atoms. The highest BCUT2D eigenvalue weighted by molar-refractivity contribution is 5.67. The van der Waals surface area contributed by atoms with Crippen LogP contribution in [0.25, 0.3) is 11.4 Å². The fourth-order valence-corrected chi connectivity index (χ4v) is 1.86. The third kappa shape index (κ3) is 3.40. The molecule has 106 valence electrons. The molecule has 20 heavy (non-hydrogen) atoms. The van der Waals surface area contributed by atoms with Crippen molar-refractivity contribution in [3.63, 3.8) is 0 Å². The van der Waals surface area contributed by atoms with Crippen molar-refractivity contribution in [1.29, 1.82) is 0 Å². The van der Waals surface area contributed by atoms with Gasteiger partial charge in [-0.05, 0) is 24.5 Å². The first-order valence-electron chi connectivity index (χ1n) is 6.26. The number of rotatable bonds is 5. The van der Waals surface area contributed by atoms with E-state index >= 15 is 0 Å². The lowest BCUT2D eigenvalue weighted by atomic mass is 10.0. The summed E-state index contributed by atoms with van der Waals surface area (Å²) in [7, 11) is 0. The van der Waals surface area contributed by atoms with E-state index in [1.54, 1.807) is 26.0 Å². The van der Waals surface area contributed by atoms with Gasteiger partial charge < -0.3 is 9.63 Å². The van der Waals surface area contributed by atoms with Crippen LogP contribution in [0.15, 0.2) is 22.7 Å². The molecular weight excluding hydrogens is 263 g/mol. The van der Waals surface area contributed by atoms with E-state index in [1.165, 1.54) is 6.07 Å². The molecule has 1 atom stereocenters. The van der Waals surface area contributed by atoms with E-state index in [0.29, 0.717) is 29.3 Å². The van der Waals surface area contributed by atoms with E-state index in [2.05, 4.69) is 10.1 Å². The van der Waals surface area contributed by atoms with Gasteiger partial charge in [-0.15, -0.1) is 0 Å². The van der Waals surface area contributed by atoms with Gasteiger partial charge >= 0.3 is 5.97 Å². The summed E-state index contributed by atoms with van der Waals surface area (Å²) in [6.07, 6.45) is 0.421. The molecule has 0 fully saturated rings. The number of aryl methyl sites for hydroxylation is 1. The maximum atomic E-state index is 13.5. The molecule has 1 N–H and O–H groups in total. The first-order chi connectivity index (χ1) is 9.45. The molecule has 6 heteroatoms. The molecule has 0 bridgehead atoms. The Morgan fingerprint density at radius 3 is 2.90 bits per heavy atom. The van der Waals surface area contributed by atoms with Crippen LogP contribution in [0, 0.1) is 18.7 Å². The van der Waals surface area contributed by atoms with Gasteiger partial charge in [-0.2, -0.15) is 4.98 Å². The number of hydrogen-bond donors (Lipinski definition) is 1. The molecule has 1 unspecified atom stereocenters. The van der Waals surface area contributed by atoms with Gasteiger partial charge in [0.2, 0.25) is 11.7 Å². The lowest BCUT2D eigenvalue weighted by Gasteiger charge is -2.03. The number of aromatic nitrogens is 2. The molecule has 1 aromatic heterocycles. The third-order valence-corrected chi connectivity index (χ3v) is 2.94. The molecule has 0 radical (unpaired) electrons. The summed E-state index contributed by atoms with van der Waals surface area (Å²) in [5.74, 6) is -0.627. The fraction of sp³-hybridized carbons (Fsp3) is 0.357. The number of benzene rings is 1. The fourth-order valence-electron chi connectivity index (χ4n) is 1.86. The van der Waals surface area contributed by atoms with Gasteiger partial charge in [0.25, 0.3) is 0 Å². The van der Waals surface area contributed by atoms with Crippen LogP contribution in [0.5, 0.6) is 0 Å². The van der Waals surface area contributed by atoms with Crippen LogP contribution in [-0.2, 0) is 11.2 Å². The second-order valence-electron chi connectivity index (χ2n) is 4.88. The van der Waals surface area contributed by atoms with Crippen molar-refractivity contribution in [2.75, 3.05) is 0 Å². The Morgan fingerprint density at radius 1 is 1.50 bits per heavy atom. The van der Waals surface area contributed by atoms with Gasteiger partial charge in [0.05, 0.1) is 0 Å². The van der Waals surface area contributed by atoms with Gasteiger partial charge in [-0.25, -0.2) is 4.39 Å². The number of aliphatic carboxylic acids is 1. The number of nitrogens with zero attached hydrogens (tertiary/aromatic N) is 2. The van der Waals surface area contributed by atoms with Gasteiger partial charge in [0, 0.05) is 18.4 Å². The molecule has 0 saturated carbocycles. The van der Waals surface area contributed by atoms with E-state index in [1.807, 2.05) is 0 Å². The van der Waals surface area contributed by atoms with Gasteiger partial charge in [0.15, 0.2) is 0 Å². The summed E-state index contributed by atoms with van der Waals surface area (Å²) in [5, 5.41) is 12.5. The Bertz CT molecular complexity index is 625. The Morgan fingerprint density at radius 2 is 2.25 bits per heavy atom. The van der Waals surface area contributed by atoms with Crippen molar-refractivity contribution >= 4 is 5.97 Å². The van der Waals surface area contributed by atoms with Crippen molar-refractivity contribution < 1.29 is 18.8 Å². The lowest BCUT2D eigenvalue weighted by molar-refractivity contribution is -0.137. The first kappa shape index (κ1) is 14.2. The maximum absolute atomic E-state index is 13.5. The highest BCUT2D eigenvalue weighted by atomic mass is 19.1. The van der Waals surface area contributed by atoms with Crippen LogP contribution in [-0.4, -0.2) is 21.2 Å². The molecular formula is C14H15FN2O3. The van der Waals surface area contributed by atoms with Crippen LogP contribution in [0.1, 0.15) is 24.8 Å². The Kier molecular flexibility index (Phi) is 4.12. The minimum absolute atomic E-state index is 0.0386. The normalized spacial score (nSPS) is 12.3. The quantitative estimate of drug-likeness (QED) is 0.910. The molecule has 2 aromatic rings. The topological polar surface area (TPSA) is 76.2 Å². The zero-order chi connectivity index (χ0) is 14.7. The number of carboxylic acids is 1. The van der Waals surface area contributed by atoms with Crippen LogP contribution in [0.3, 0.4) is 0 Å². The average Bonchev–Trinajstić information content (AvgIpc) is 2.80. The smallest absolute Gasteiger partial charge is 0.303 e. The highest BCUT2D eigenvalue weighted by Crippen LogP contribution is 2.20. The zero-order valence-corrected chi connectivity index (χ0v) is 11.3. The van der Waals surface area contributed by atoms with Crippen molar-refractivity contribution in [2.45, 2.75) is 26.7 Å². The predicted molar refractivity (Wildman–Crippen MR) is 69.5 cm³/mol. The van der Waals surface area contributed by atoms with E-state index in [4.69, 9.17) is 9.63 Å². The van der Waals surface area contributed by atoms with E-state index in [-0.39, 0.29) is 18.2 Å². The summed E-state index contributed by atoms with van der Waals surface area (Å²) in [4.78, 5) is 14.7.